The van der Waals surface area contributed by atoms with Crippen LogP contribution in [-0.2, 0) is 0 Å². The van der Waals surface area contributed by atoms with Crippen LogP contribution in [0.3, 0.4) is 0 Å². The number of nitrogen functional groups attached to an aromatic ring is 1. The van der Waals surface area contributed by atoms with Crippen LogP contribution in [0.5, 0.6) is 0 Å². The molecule has 1 aromatic heterocycles. The van der Waals surface area contributed by atoms with Crippen LogP contribution in [0.1, 0.15) is 10.4 Å². The van der Waals surface area contributed by atoms with E-state index in [1.54, 1.807) is 24.4 Å². The van der Waals surface area contributed by atoms with Gasteiger partial charge in [0, 0.05) is 23.0 Å². The highest BCUT2D eigenvalue weighted by molar-refractivity contribution is 6.04. The van der Waals surface area contributed by atoms with E-state index in [0.29, 0.717) is 11.6 Å². The molecule has 0 saturated heterocycles. The zero-order chi connectivity index (χ0) is 15.5. The maximum Gasteiger partial charge on any atom is 0.255 e. The Morgan fingerprint density at radius 1 is 1.18 bits per heavy atom. The highest BCUT2D eigenvalue weighted by Gasteiger charge is 2.07. The molecule has 2 aromatic carbocycles. The number of H-pyrrole nitrogens is 1. The van der Waals surface area contributed by atoms with Crippen molar-refractivity contribution in [3.63, 3.8) is 0 Å². The molecule has 3 rings (SSSR count). The summed E-state index contributed by atoms with van der Waals surface area (Å²) in [7, 11) is 0. The molecule has 1 amide bonds. The SMILES string of the molecule is Nc1nc(-c2ccc(NC(=O)c3cccc(F)c3)cc2)c[nH]1. The van der Waals surface area contributed by atoms with Crippen molar-refractivity contribution in [2.24, 2.45) is 0 Å². The predicted molar refractivity (Wildman–Crippen MR) is 82.8 cm³/mol. The lowest BCUT2D eigenvalue weighted by molar-refractivity contribution is 0.102. The van der Waals surface area contributed by atoms with Crippen molar-refractivity contribution in [1.82, 2.24) is 9.97 Å². The van der Waals surface area contributed by atoms with Crippen LogP contribution in [0.25, 0.3) is 11.3 Å². The Morgan fingerprint density at radius 2 is 1.95 bits per heavy atom. The molecule has 22 heavy (non-hydrogen) atoms. The molecule has 3 aromatic rings. The van der Waals surface area contributed by atoms with Gasteiger partial charge in [-0.25, -0.2) is 9.37 Å². The van der Waals surface area contributed by atoms with Gasteiger partial charge < -0.3 is 16.0 Å². The van der Waals surface area contributed by atoms with Crippen molar-refractivity contribution in [2.75, 3.05) is 11.1 Å². The zero-order valence-electron chi connectivity index (χ0n) is 11.5. The topological polar surface area (TPSA) is 83.8 Å². The number of imidazole rings is 1. The first-order valence-electron chi connectivity index (χ1n) is 6.60. The fourth-order valence-electron chi connectivity index (χ4n) is 2.04. The molecule has 0 atom stereocenters. The number of aromatic nitrogens is 2. The third-order valence-electron chi connectivity index (χ3n) is 3.12. The fourth-order valence-corrected chi connectivity index (χ4v) is 2.04. The van der Waals surface area contributed by atoms with E-state index < -0.39 is 5.82 Å². The summed E-state index contributed by atoms with van der Waals surface area (Å²) in [4.78, 5) is 18.9. The molecule has 6 heteroatoms. The van der Waals surface area contributed by atoms with Gasteiger partial charge in [-0.05, 0) is 30.3 Å². The average Bonchev–Trinajstić information content (AvgIpc) is 2.94. The van der Waals surface area contributed by atoms with Crippen molar-refractivity contribution >= 4 is 17.5 Å². The third kappa shape index (κ3) is 2.95. The molecule has 0 unspecified atom stereocenters. The Labute approximate surface area is 126 Å². The number of amides is 1. The van der Waals surface area contributed by atoms with Gasteiger partial charge in [-0.15, -0.1) is 0 Å². The molecule has 0 aliphatic carbocycles. The molecule has 0 fully saturated rings. The molecule has 1 heterocycles. The number of carbonyl (C=O) groups excluding carboxylic acids is 1. The summed E-state index contributed by atoms with van der Waals surface area (Å²) in [5, 5.41) is 2.71. The van der Waals surface area contributed by atoms with E-state index in [2.05, 4.69) is 15.3 Å². The molecular formula is C16H13FN4O. The molecule has 0 spiro atoms. The second kappa shape index (κ2) is 5.69. The first kappa shape index (κ1) is 13.8. The third-order valence-corrected chi connectivity index (χ3v) is 3.12. The lowest BCUT2D eigenvalue weighted by atomic mass is 10.1. The summed E-state index contributed by atoms with van der Waals surface area (Å²) >= 11 is 0. The van der Waals surface area contributed by atoms with Gasteiger partial charge in [-0.2, -0.15) is 0 Å². The molecule has 4 N–H and O–H groups in total. The van der Waals surface area contributed by atoms with Crippen molar-refractivity contribution in [3.05, 3.63) is 66.1 Å². The number of anilines is 2. The number of nitrogens with zero attached hydrogens (tertiary/aromatic N) is 1. The van der Waals surface area contributed by atoms with E-state index in [-0.39, 0.29) is 11.5 Å². The summed E-state index contributed by atoms with van der Waals surface area (Å²) in [6.45, 7) is 0. The number of rotatable bonds is 3. The summed E-state index contributed by atoms with van der Waals surface area (Å²) in [5.41, 5.74) is 8.01. The monoisotopic (exact) mass is 296 g/mol. The minimum absolute atomic E-state index is 0.268. The quantitative estimate of drug-likeness (QED) is 0.694. The van der Waals surface area contributed by atoms with Crippen LogP contribution in [0, 0.1) is 5.82 Å². The van der Waals surface area contributed by atoms with Gasteiger partial charge in [-0.1, -0.05) is 18.2 Å². The van der Waals surface area contributed by atoms with Crippen LogP contribution in [0.4, 0.5) is 16.0 Å². The van der Waals surface area contributed by atoms with Gasteiger partial charge in [0.2, 0.25) is 0 Å². The minimum atomic E-state index is -0.445. The number of nitrogens with two attached hydrogens (primary N) is 1. The number of halogens is 1. The van der Waals surface area contributed by atoms with Gasteiger partial charge in [0.1, 0.15) is 5.82 Å². The summed E-state index contributed by atoms with van der Waals surface area (Å²) in [5.74, 6) is -0.464. The van der Waals surface area contributed by atoms with E-state index in [0.717, 1.165) is 11.3 Å². The van der Waals surface area contributed by atoms with Crippen LogP contribution in [-0.4, -0.2) is 15.9 Å². The second-order valence-corrected chi connectivity index (χ2v) is 4.71. The van der Waals surface area contributed by atoms with Gasteiger partial charge in [0.15, 0.2) is 5.95 Å². The highest BCUT2D eigenvalue weighted by Crippen LogP contribution is 2.20. The summed E-state index contributed by atoms with van der Waals surface area (Å²) in [6, 6.07) is 12.7. The average molecular weight is 296 g/mol. The first-order valence-corrected chi connectivity index (χ1v) is 6.60. The molecule has 110 valence electrons. The molecule has 0 aliphatic heterocycles. The number of aromatic amines is 1. The Bertz CT molecular complexity index is 811. The van der Waals surface area contributed by atoms with Crippen LogP contribution < -0.4 is 11.1 Å². The lowest BCUT2D eigenvalue weighted by Gasteiger charge is -2.06. The Morgan fingerprint density at radius 3 is 2.59 bits per heavy atom. The van der Waals surface area contributed by atoms with Gasteiger partial charge in [0.05, 0.1) is 5.69 Å². The smallest absolute Gasteiger partial charge is 0.255 e. The lowest BCUT2D eigenvalue weighted by Crippen LogP contribution is -2.11. The standard InChI is InChI=1S/C16H13FN4O/c17-12-3-1-2-11(8-12)15(22)20-13-6-4-10(5-7-13)14-9-19-16(18)21-14/h1-9H,(H,20,22)(H3,18,19,21). The number of benzene rings is 2. The Kier molecular flexibility index (Phi) is 3.57. The normalized spacial score (nSPS) is 10.4. The maximum absolute atomic E-state index is 13.1. The summed E-state index contributed by atoms with van der Waals surface area (Å²) in [6.07, 6.45) is 1.70. The molecule has 0 radical (unpaired) electrons. The number of carbonyl (C=O) groups is 1. The van der Waals surface area contributed by atoms with Gasteiger partial charge in [-0.3, -0.25) is 4.79 Å². The van der Waals surface area contributed by atoms with Crippen molar-refractivity contribution in [3.8, 4) is 11.3 Å². The number of nitrogens with one attached hydrogen (secondary N) is 2. The first-order chi connectivity index (χ1) is 10.6. The summed E-state index contributed by atoms with van der Waals surface area (Å²) < 4.78 is 13.1. The fraction of sp³-hybridized carbons (Fsp3) is 0. The maximum atomic E-state index is 13.1. The molecule has 0 bridgehead atoms. The zero-order valence-corrected chi connectivity index (χ0v) is 11.5. The van der Waals surface area contributed by atoms with Crippen LogP contribution in [0.15, 0.2) is 54.7 Å². The highest BCUT2D eigenvalue weighted by atomic mass is 19.1. The predicted octanol–water partition coefficient (Wildman–Crippen LogP) is 3.05. The van der Waals surface area contributed by atoms with E-state index in [1.165, 1.54) is 18.2 Å². The molecule has 0 aliphatic rings. The van der Waals surface area contributed by atoms with E-state index in [4.69, 9.17) is 5.73 Å². The van der Waals surface area contributed by atoms with Crippen molar-refractivity contribution in [1.29, 1.82) is 0 Å². The van der Waals surface area contributed by atoms with E-state index in [1.807, 2.05) is 12.1 Å². The minimum Gasteiger partial charge on any atom is -0.369 e. The number of hydrogen-bond acceptors (Lipinski definition) is 3. The molecular weight excluding hydrogens is 283 g/mol. The van der Waals surface area contributed by atoms with E-state index >= 15 is 0 Å². The van der Waals surface area contributed by atoms with Crippen LogP contribution in [0.2, 0.25) is 0 Å². The van der Waals surface area contributed by atoms with Crippen molar-refractivity contribution < 1.29 is 9.18 Å². The second-order valence-electron chi connectivity index (χ2n) is 4.71. The molecule has 5 nitrogen and oxygen atoms in total. The van der Waals surface area contributed by atoms with Gasteiger partial charge >= 0.3 is 0 Å². The Hall–Kier alpha value is -3.15. The Balaban J connectivity index is 1.75. The van der Waals surface area contributed by atoms with Crippen molar-refractivity contribution in [2.45, 2.75) is 0 Å². The molecule has 0 saturated carbocycles. The van der Waals surface area contributed by atoms with Gasteiger partial charge in [0.25, 0.3) is 5.91 Å². The largest absolute Gasteiger partial charge is 0.369 e. The van der Waals surface area contributed by atoms with Crippen LogP contribution >= 0.6 is 0 Å². The number of hydrogen-bond donors (Lipinski definition) is 3. The van der Waals surface area contributed by atoms with E-state index in [9.17, 15) is 9.18 Å².